The molecule has 3 aromatic rings. The number of para-hydroxylation sites is 1. The first-order valence-corrected chi connectivity index (χ1v) is 11.8. The molecule has 8 heteroatoms. The second kappa shape index (κ2) is 9.03. The van der Waals surface area contributed by atoms with Crippen molar-refractivity contribution in [3.05, 3.63) is 78.4 Å². The molecule has 162 valence electrons. The summed E-state index contributed by atoms with van der Waals surface area (Å²) in [6.07, 6.45) is 4.97. The minimum atomic E-state index is -3.59. The molecule has 1 fully saturated rings. The van der Waals surface area contributed by atoms with Crippen LogP contribution in [0.15, 0.2) is 71.9 Å². The molecule has 1 aliphatic heterocycles. The van der Waals surface area contributed by atoms with Crippen molar-refractivity contribution in [3.63, 3.8) is 0 Å². The van der Waals surface area contributed by atoms with E-state index in [0.29, 0.717) is 25.9 Å². The molecule has 1 atom stereocenters. The molecule has 7 nitrogen and oxygen atoms in total. The van der Waals surface area contributed by atoms with Gasteiger partial charge in [0, 0.05) is 32.0 Å². The van der Waals surface area contributed by atoms with Crippen molar-refractivity contribution in [1.82, 2.24) is 19.2 Å². The Hall–Kier alpha value is -2.97. The van der Waals surface area contributed by atoms with Crippen LogP contribution < -0.4 is 5.32 Å². The number of carbonyl (C=O) groups is 1. The number of hydrogen-bond donors (Lipinski definition) is 1. The number of hydrogen-bond acceptors (Lipinski definition) is 4. The zero-order valence-corrected chi connectivity index (χ0v) is 18.3. The average molecular weight is 439 g/mol. The lowest BCUT2D eigenvalue weighted by Gasteiger charge is -2.31. The van der Waals surface area contributed by atoms with Crippen LogP contribution in [0.3, 0.4) is 0 Å². The number of nitrogens with one attached hydrogen (secondary N) is 1. The van der Waals surface area contributed by atoms with Crippen LogP contribution in [0.1, 0.15) is 24.2 Å². The molecule has 0 radical (unpaired) electrons. The molecule has 1 N–H and O–H groups in total. The normalized spacial score (nSPS) is 17.4. The molecular weight excluding hydrogens is 412 g/mol. The van der Waals surface area contributed by atoms with Crippen molar-refractivity contribution in [2.75, 3.05) is 13.1 Å². The molecule has 0 bridgehead atoms. The Balaban J connectivity index is 1.44. The van der Waals surface area contributed by atoms with Crippen LogP contribution in [-0.2, 0) is 21.4 Å². The lowest BCUT2D eigenvalue weighted by Crippen LogP contribution is -2.45. The van der Waals surface area contributed by atoms with Crippen molar-refractivity contribution in [2.24, 2.45) is 5.92 Å². The van der Waals surface area contributed by atoms with E-state index in [0.717, 1.165) is 17.1 Å². The highest BCUT2D eigenvalue weighted by atomic mass is 32.2. The Morgan fingerprint density at radius 3 is 2.61 bits per heavy atom. The van der Waals surface area contributed by atoms with Gasteiger partial charge >= 0.3 is 0 Å². The minimum Gasteiger partial charge on any atom is -0.352 e. The third-order valence-electron chi connectivity index (χ3n) is 5.67. The third-order valence-corrected chi connectivity index (χ3v) is 7.55. The van der Waals surface area contributed by atoms with Crippen molar-refractivity contribution in [1.29, 1.82) is 0 Å². The van der Waals surface area contributed by atoms with Gasteiger partial charge < -0.3 is 9.88 Å². The fourth-order valence-corrected chi connectivity index (χ4v) is 5.52. The molecule has 0 saturated carbocycles. The third kappa shape index (κ3) is 4.55. The molecule has 1 amide bonds. The summed E-state index contributed by atoms with van der Waals surface area (Å²) < 4.78 is 29.3. The summed E-state index contributed by atoms with van der Waals surface area (Å²) in [6.45, 7) is 2.93. The molecule has 1 saturated heterocycles. The van der Waals surface area contributed by atoms with Gasteiger partial charge in [0.1, 0.15) is 5.82 Å². The maximum atomic E-state index is 12.9. The molecule has 0 unspecified atom stereocenters. The number of benzene rings is 2. The predicted molar refractivity (Wildman–Crippen MR) is 118 cm³/mol. The number of nitrogens with zero attached hydrogens (tertiary/aromatic N) is 3. The molecule has 4 rings (SSSR count). The number of sulfonamides is 1. The molecule has 0 spiro atoms. The van der Waals surface area contributed by atoms with Gasteiger partial charge in [0.2, 0.25) is 15.9 Å². The Kier molecular flexibility index (Phi) is 6.20. The highest BCUT2D eigenvalue weighted by Crippen LogP contribution is 2.24. The monoisotopic (exact) mass is 438 g/mol. The van der Waals surface area contributed by atoms with Gasteiger partial charge in [-0.3, -0.25) is 4.79 Å². The largest absolute Gasteiger partial charge is 0.352 e. The van der Waals surface area contributed by atoms with E-state index in [1.54, 1.807) is 36.5 Å². The first kappa shape index (κ1) is 21.3. The van der Waals surface area contributed by atoms with Crippen LogP contribution >= 0.6 is 0 Å². The summed E-state index contributed by atoms with van der Waals surface area (Å²) in [5.41, 5.74) is 1.94. The quantitative estimate of drug-likeness (QED) is 0.641. The second-order valence-electron chi connectivity index (χ2n) is 7.71. The van der Waals surface area contributed by atoms with Crippen LogP contribution in [0, 0.1) is 12.8 Å². The standard InChI is InChI=1S/C23H26N4O3S/c1-18-24-13-15-27(18)22-12-6-5-8-19(22)16-25-23(28)20-9-7-14-26(17-20)31(29,30)21-10-3-2-4-11-21/h2-6,8,10-13,15,20H,7,9,14,16-17H2,1H3,(H,25,28)/t20-/m1/s1. The summed E-state index contributed by atoms with van der Waals surface area (Å²) in [4.78, 5) is 17.4. The van der Waals surface area contributed by atoms with Gasteiger partial charge in [-0.25, -0.2) is 13.4 Å². The number of aromatic nitrogens is 2. The summed E-state index contributed by atoms with van der Waals surface area (Å²) in [5.74, 6) is 0.382. The number of rotatable bonds is 6. The fraction of sp³-hybridized carbons (Fsp3) is 0.304. The molecule has 1 aromatic heterocycles. The van der Waals surface area contributed by atoms with Crippen LogP contribution in [0.25, 0.3) is 5.69 Å². The maximum absolute atomic E-state index is 12.9. The predicted octanol–water partition coefficient (Wildman–Crippen LogP) is 2.90. The molecule has 0 aliphatic carbocycles. The topological polar surface area (TPSA) is 84.3 Å². The van der Waals surface area contributed by atoms with E-state index < -0.39 is 10.0 Å². The lowest BCUT2D eigenvalue weighted by atomic mass is 9.98. The first-order chi connectivity index (χ1) is 15.0. The Morgan fingerprint density at radius 1 is 1.13 bits per heavy atom. The second-order valence-corrected chi connectivity index (χ2v) is 9.64. The molecule has 31 heavy (non-hydrogen) atoms. The Bertz CT molecular complexity index is 1160. The van der Waals surface area contributed by atoms with Gasteiger partial charge in [-0.05, 0) is 43.5 Å². The van der Waals surface area contributed by atoms with E-state index in [1.807, 2.05) is 42.0 Å². The maximum Gasteiger partial charge on any atom is 0.243 e. The zero-order chi connectivity index (χ0) is 21.8. The van der Waals surface area contributed by atoms with Crippen molar-refractivity contribution < 1.29 is 13.2 Å². The number of imidazole rings is 1. The first-order valence-electron chi connectivity index (χ1n) is 10.4. The van der Waals surface area contributed by atoms with Crippen molar-refractivity contribution in [3.8, 4) is 5.69 Å². The van der Waals surface area contributed by atoms with Gasteiger partial charge in [0.25, 0.3) is 0 Å². The van der Waals surface area contributed by atoms with Crippen LogP contribution in [0.5, 0.6) is 0 Å². The van der Waals surface area contributed by atoms with Gasteiger partial charge in [0.05, 0.1) is 16.5 Å². The Morgan fingerprint density at radius 2 is 1.87 bits per heavy atom. The van der Waals surface area contributed by atoms with Gasteiger partial charge in [-0.15, -0.1) is 0 Å². The molecule has 2 heterocycles. The van der Waals surface area contributed by atoms with Crippen LogP contribution in [0.2, 0.25) is 0 Å². The van der Waals surface area contributed by atoms with Crippen molar-refractivity contribution in [2.45, 2.75) is 31.2 Å². The average Bonchev–Trinajstić information content (AvgIpc) is 3.24. The highest BCUT2D eigenvalue weighted by Gasteiger charge is 2.33. The van der Waals surface area contributed by atoms with Gasteiger partial charge in [-0.1, -0.05) is 36.4 Å². The molecule has 2 aromatic carbocycles. The van der Waals surface area contributed by atoms with Crippen molar-refractivity contribution >= 4 is 15.9 Å². The van der Waals surface area contributed by atoms with Gasteiger partial charge in [0.15, 0.2) is 0 Å². The highest BCUT2D eigenvalue weighted by molar-refractivity contribution is 7.89. The van der Waals surface area contributed by atoms with Gasteiger partial charge in [-0.2, -0.15) is 4.31 Å². The number of piperidine rings is 1. The molecular formula is C23H26N4O3S. The zero-order valence-electron chi connectivity index (χ0n) is 17.4. The van der Waals surface area contributed by atoms with E-state index >= 15 is 0 Å². The lowest BCUT2D eigenvalue weighted by molar-refractivity contribution is -0.126. The number of carbonyl (C=O) groups excluding carboxylic acids is 1. The van der Waals surface area contributed by atoms with E-state index in [4.69, 9.17) is 0 Å². The summed E-state index contributed by atoms with van der Waals surface area (Å²) in [6, 6.07) is 16.2. The summed E-state index contributed by atoms with van der Waals surface area (Å²) >= 11 is 0. The van der Waals surface area contributed by atoms with E-state index in [9.17, 15) is 13.2 Å². The van der Waals surface area contributed by atoms with Crippen LogP contribution in [-0.4, -0.2) is 41.3 Å². The van der Waals surface area contributed by atoms with E-state index in [1.165, 1.54) is 4.31 Å². The smallest absolute Gasteiger partial charge is 0.243 e. The minimum absolute atomic E-state index is 0.120. The molecule has 1 aliphatic rings. The number of aryl methyl sites for hydroxylation is 1. The van der Waals surface area contributed by atoms with E-state index in [-0.39, 0.29) is 23.3 Å². The number of amides is 1. The van der Waals surface area contributed by atoms with Crippen LogP contribution in [0.4, 0.5) is 0 Å². The fourth-order valence-electron chi connectivity index (χ4n) is 3.97. The Labute approximate surface area is 182 Å². The summed E-state index contributed by atoms with van der Waals surface area (Å²) in [5, 5.41) is 3.01. The SMILES string of the molecule is Cc1nccn1-c1ccccc1CNC(=O)[C@@H]1CCCN(S(=O)(=O)c2ccccc2)C1. The summed E-state index contributed by atoms with van der Waals surface area (Å²) in [7, 11) is -3.59. The van der Waals surface area contributed by atoms with E-state index in [2.05, 4.69) is 10.3 Å².